The minimum absolute atomic E-state index is 0.126. The maximum Gasteiger partial charge on any atom is 0.352 e. The number of rotatable bonds is 7. The lowest BCUT2D eigenvalue weighted by Gasteiger charge is -2.14. The number of hydrogen-bond donors (Lipinski definition) is 1. The molecule has 2 aromatic rings. The number of hydrogen-bond acceptors (Lipinski definition) is 6. The summed E-state index contributed by atoms with van der Waals surface area (Å²) in [5.74, 6) is 0.206. The second-order valence-corrected chi connectivity index (χ2v) is 5.24. The molecule has 1 aromatic carbocycles. The summed E-state index contributed by atoms with van der Waals surface area (Å²) in [5.41, 5.74) is -1.29. The zero-order valence-electron chi connectivity index (χ0n) is 14.6. The molecule has 0 saturated carbocycles. The quantitative estimate of drug-likeness (QED) is 0.793. The number of methoxy groups -OCH3 is 3. The Morgan fingerprint density at radius 2 is 1.64 bits per heavy atom. The molecule has 0 unspecified atom stereocenters. The first-order chi connectivity index (χ1) is 12.0. The van der Waals surface area contributed by atoms with Crippen molar-refractivity contribution in [3.05, 3.63) is 38.7 Å². The molecule has 0 bridgehead atoms. The van der Waals surface area contributed by atoms with Crippen LogP contribution in [-0.2, 0) is 6.54 Å². The molecule has 0 spiro atoms. The highest BCUT2D eigenvalue weighted by molar-refractivity contribution is 5.96. The van der Waals surface area contributed by atoms with Gasteiger partial charge in [0.1, 0.15) is 0 Å². The van der Waals surface area contributed by atoms with Gasteiger partial charge in [0.25, 0.3) is 5.91 Å². The van der Waals surface area contributed by atoms with Crippen LogP contribution in [0.15, 0.2) is 21.7 Å². The normalized spacial score (nSPS) is 10.6. The molecule has 1 N–H and O–H groups in total. The van der Waals surface area contributed by atoms with Crippen molar-refractivity contribution in [1.29, 1.82) is 0 Å². The second kappa shape index (κ2) is 7.73. The van der Waals surface area contributed by atoms with Crippen LogP contribution in [0.3, 0.4) is 0 Å². The van der Waals surface area contributed by atoms with E-state index in [9.17, 15) is 14.4 Å². The van der Waals surface area contributed by atoms with Crippen LogP contribution < -0.4 is 25.6 Å². The summed E-state index contributed by atoms with van der Waals surface area (Å²) >= 11 is 0. The van der Waals surface area contributed by atoms with Gasteiger partial charge in [-0.2, -0.15) is 4.68 Å². The Kier molecular flexibility index (Phi) is 5.68. The van der Waals surface area contributed by atoms with Gasteiger partial charge in [0, 0.05) is 12.1 Å². The first-order valence-corrected chi connectivity index (χ1v) is 7.75. The third-order valence-electron chi connectivity index (χ3n) is 3.71. The van der Waals surface area contributed by atoms with E-state index in [1.807, 2.05) is 6.92 Å². The van der Waals surface area contributed by atoms with Crippen molar-refractivity contribution in [3.8, 4) is 17.2 Å². The molecule has 1 heterocycles. The largest absolute Gasteiger partial charge is 0.493 e. The van der Waals surface area contributed by atoms with Gasteiger partial charge >= 0.3 is 11.4 Å². The molecule has 0 fully saturated rings. The predicted molar refractivity (Wildman–Crippen MR) is 90.0 cm³/mol. The molecule has 9 heteroatoms. The highest BCUT2D eigenvalue weighted by atomic mass is 16.5. The summed E-state index contributed by atoms with van der Waals surface area (Å²) < 4.78 is 17.5. The predicted octanol–water partition coefficient (Wildman–Crippen LogP) is 0.852. The first kappa shape index (κ1) is 18.4. The van der Waals surface area contributed by atoms with Crippen LogP contribution in [0.1, 0.15) is 30.1 Å². The van der Waals surface area contributed by atoms with Crippen molar-refractivity contribution in [1.82, 2.24) is 14.3 Å². The number of carbonyl (C=O) groups is 1. The van der Waals surface area contributed by atoms with Crippen LogP contribution in [0.4, 0.5) is 0 Å². The molecular formula is C16H21N3O6. The Morgan fingerprint density at radius 3 is 2.12 bits per heavy atom. The Bertz CT molecular complexity index is 852. The number of benzene rings is 1. The zero-order chi connectivity index (χ0) is 18.6. The maximum absolute atomic E-state index is 12.8. The van der Waals surface area contributed by atoms with E-state index in [0.29, 0.717) is 12.2 Å². The lowest BCUT2D eigenvalue weighted by Crippen LogP contribution is -2.33. The molecule has 136 valence electrons. The topological polar surface area (TPSA) is 105 Å². The Hall–Kier alpha value is -2.97. The standard InChI is InChI=1S/C16H21N3O6/c1-5-6-7-18-15(21)17-16(22)19(18)14(20)10-8-11(23-2)13(25-4)12(9-10)24-3/h8-9H,5-7H2,1-4H3,(H,17,21,22). The number of nitrogens with one attached hydrogen (secondary N) is 1. The maximum atomic E-state index is 12.8. The number of H-pyrrole nitrogens is 1. The molecule has 9 nitrogen and oxygen atoms in total. The van der Waals surface area contributed by atoms with Gasteiger partial charge < -0.3 is 14.2 Å². The monoisotopic (exact) mass is 351 g/mol. The molecule has 0 aliphatic carbocycles. The van der Waals surface area contributed by atoms with Crippen molar-refractivity contribution in [2.24, 2.45) is 0 Å². The number of aromatic nitrogens is 3. The molecule has 0 aliphatic heterocycles. The lowest BCUT2D eigenvalue weighted by atomic mass is 10.1. The molecule has 0 radical (unpaired) electrons. The van der Waals surface area contributed by atoms with Crippen molar-refractivity contribution in [2.45, 2.75) is 26.3 Å². The average molecular weight is 351 g/mol. The van der Waals surface area contributed by atoms with Gasteiger partial charge in [-0.1, -0.05) is 13.3 Å². The van der Waals surface area contributed by atoms with E-state index in [2.05, 4.69) is 4.98 Å². The van der Waals surface area contributed by atoms with Crippen LogP contribution in [0.5, 0.6) is 17.2 Å². The summed E-state index contributed by atoms with van der Waals surface area (Å²) in [6.07, 6.45) is 1.46. The number of ether oxygens (including phenoxy) is 3. The zero-order valence-corrected chi connectivity index (χ0v) is 14.6. The van der Waals surface area contributed by atoms with Crippen LogP contribution in [-0.4, -0.2) is 41.6 Å². The SMILES string of the molecule is CCCCn1c(=O)[nH]c(=O)n1C(=O)c1cc(OC)c(OC)c(OC)c1. The second-order valence-electron chi connectivity index (χ2n) is 5.24. The fourth-order valence-electron chi connectivity index (χ4n) is 2.45. The highest BCUT2D eigenvalue weighted by Crippen LogP contribution is 2.38. The van der Waals surface area contributed by atoms with Gasteiger partial charge in [0.05, 0.1) is 21.3 Å². The summed E-state index contributed by atoms with van der Waals surface area (Å²) in [7, 11) is 4.29. The van der Waals surface area contributed by atoms with Gasteiger partial charge in [-0.3, -0.25) is 9.78 Å². The van der Waals surface area contributed by atoms with Gasteiger partial charge in [-0.05, 0) is 18.6 Å². The third-order valence-corrected chi connectivity index (χ3v) is 3.71. The molecular weight excluding hydrogens is 330 g/mol. The van der Waals surface area contributed by atoms with E-state index in [-0.39, 0.29) is 23.6 Å². The summed E-state index contributed by atoms with van der Waals surface area (Å²) in [6.45, 7) is 2.20. The third kappa shape index (κ3) is 3.44. The van der Waals surface area contributed by atoms with Crippen LogP contribution >= 0.6 is 0 Å². The van der Waals surface area contributed by atoms with Gasteiger partial charge in [0.15, 0.2) is 11.5 Å². The number of aromatic amines is 1. The Morgan fingerprint density at radius 1 is 1.04 bits per heavy atom. The molecule has 0 atom stereocenters. The molecule has 0 amide bonds. The van der Waals surface area contributed by atoms with Crippen LogP contribution in [0.2, 0.25) is 0 Å². The van der Waals surface area contributed by atoms with Crippen molar-refractivity contribution in [2.75, 3.05) is 21.3 Å². The van der Waals surface area contributed by atoms with Crippen molar-refractivity contribution >= 4 is 5.91 Å². The Balaban J connectivity index is 2.59. The summed E-state index contributed by atoms with van der Waals surface area (Å²) in [4.78, 5) is 38.9. The minimum Gasteiger partial charge on any atom is -0.493 e. The summed E-state index contributed by atoms with van der Waals surface area (Å²) in [5, 5.41) is 0. The van der Waals surface area contributed by atoms with Gasteiger partial charge in [-0.15, -0.1) is 0 Å². The van der Waals surface area contributed by atoms with E-state index in [1.54, 1.807) is 0 Å². The molecule has 1 aromatic heterocycles. The number of unbranched alkanes of at least 4 members (excludes halogenated alkanes) is 1. The molecule has 2 rings (SSSR count). The van der Waals surface area contributed by atoms with Crippen molar-refractivity contribution in [3.63, 3.8) is 0 Å². The van der Waals surface area contributed by atoms with E-state index >= 15 is 0 Å². The number of carbonyl (C=O) groups excluding carboxylic acids is 1. The first-order valence-electron chi connectivity index (χ1n) is 7.75. The fraction of sp³-hybridized carbons (Fsp3) is 0.438. The molecule has 25 heavy (non-hydrogen) atoms. The highest BCUT2D eigenvalue weighted by Gasteiger charge is 2.22. The molecule has 0 saturated heterocycles. The lowest BCUT2D eigenvalue weighted by molar-refractivity contribution is 0.0919. The smallest absolute Gasteiger partial charge is 0.352 e. The van der Waals surface area contributed by atoms with E-state index in [0.717, 1.165) is 15.8 Å². The Labute approximate surface area is 143 Å². The fourth-order valence-corrected chi connectivity index (χ4v) is 2.45. The summed E-state index contributed by atoms with van der Waals surface area (Å²) in [6, 6.07) is 2.86. The van der Waals surface area contributed by atoms with E-state index < -0.39 is 17.3 Å². The average Bonchev–Trinajstić information content (AvgIpc) is 2.90. The van der Waals surface area contributed by atoms with Gasteiger partial charge in [-0.25, -0.2) is 14.3 Å². The van der Waals surface area contributed by atoms with E-state index in [1.165, 1.54) is 33.5 Å². The number of nitrogens with zero attached hydrogens (tertiary/aromatic N) is 2. The minimum atomic E-state index is -0.792. The van der Waals surface area contributed by atoms with E-state index in [4.69, 9.17) is 14.2 Å². The van der Waals surface area contributed by atoms with Crippen LogP contribution in [0.25, 0.3) is 0 Å². The van der Waals surface area contributed by atoms with Gasteiger partial charge in [0.2, 0.25) is 5.75 Å². The van der Waals surface area contributed by atoms with Crippen LogP contribution in [0, 0.1) is 0 Å². The molecule has 0 aliphatic rings. The van der Waals surface area contributed by atoms with Crippen molar-refractivity contribution < 1.29 is 19.0 Å².